The second-order valence-electron chi connectivity index (χ2n) is 2.54. The summed E-state index contributed by atoms with van der Waals surface area (Å²) in [5.74, 6) is 0. The van der Waals surface area contributed by atoms with Crippen molar-refractivity contribution in [1.82, 2.24) is 0 Å². The molecule has 0 fully saturated rings. The highest BCUT2D eigenvalue weighted by Crippen LogP contribution is 2.38. The molecule has 0 saturated heterocycles. The maximum absolute atomic E-state index is 12.4. The summed E-state index contributed by atoms with van der Waals surface area (Å²) in [6, 6.07) is 3.54. The lowest BCUT2D eigenvalue weighted by Crippen LogP contribution is -2.08. The molecular weight excluding hydrogens is 261 g/mol. The summed E-state index contributed by atoms with van der Waals surface area (Å²) in [6.07, 6.45) is -4.51. The number of anilines is 1. The molecular formula is C8H4BrF3N2. The molecule has 2 N–H and O–H groups in total. The van der Waals surface area contributed by atoms with E-state index in [2.05, 4.69) is 15.9 Å². The molecule has 0 radical (unpaired) electrons. The van der Waals surface area contributed by atoms with E-state index in [1.807, 2.05) is 0 Å². The van der Waals surface area contributed by atoms with E-state index in [1.54, 1.807) is 6.07 Å². The van der Waals surface area contributed by atoms with Gasteiger partial charge in [0.15, 0.2) is 0 Å². The first kappa shape index (κ1) is 10.9. The van der Waals surface area contributed by atoms with Crippen LogP contribution in [-0.4, -0.2) is 0 Å². The Morgan fingerprint density at radius 3 is 2.36 bits per heavy atom. The third-order valence-electron chi connectivity index (χ3n) is 1.54. The van der Waals surface area contributed by atoms with E-state index in [0.717, 1.165) is 6.07 Å². The normalized spacial score (nSPS) is 11.1. The predicted molar refractivity (Wildman–Crippen MR) is 48.3 cm³/mol. The Bertz CT molecular complexity index is 406. The molecule has 0 heterocycles. The summed E-state index contributed by atoms with van der Waals surface area (Å²) < 4.78 is 36.8. The SMILES string of the molecule is N#Cc1cc(N)c(Br)c(C(F)(F)F)c1. The Morgan fingerprint density at radius 2 is 1.93 bits per heavy atom. The van der Waals surface area contributed by atoms with Crippen LogP contribution in [0.3, 0.4) is 0 Å². The van der Waals surface area contributed by atoms with E-state index in [0.29, 0.717) is 0 Å². The standard InChI is InChI=1S/C8H4BrF3N2/c9-7-5(8(10,11)12)1-4(3-13)2-6(7)14/h1-2H,14H2. The molecule has 6 heteroatoms. The average molecular weight is 265 g/mol. The number of nitrogens with zero attached hydrogens (tertiary/aromatic N) is 1. The van der Waals surface area contributed by atoms with Crippen LogP contribution in [0.1, 0.15) is 11.1 Å². The fraction of sp³-hybridized carbons (Fsp3) is 0.125. The van der Waals surface area contributed by atoms with Crippen molar-refractivity contribution >= 4 is 21.6 Å². The number of nitrogen functional groups attached to an aromatic ring is 1. The third kappa shape index (κ3) is 1.99. The van der Waals surface area contributed by atoms with Crippen LogP contribution in [0.2, 0.25) is 0 Å². The number of nitriles is 1. The topological polar surface area (TPSA) is 49.8 Å². The summed E-state index contributed by atoms with van der Waals surface area (Å²) in [7, 11) is 0. The lowest BCUT2D eigenvalue weighted by molar-refractivity contribution is -0.138. The van der Waals surface area contributed by atoms with Crippen molar-refractivity contribution in [1.29, 1.82) is 5.26 Å². The zero-order valence-electron chi connectivity index (χ0n) is 6.69. The van der Waals surface area contributed by atoms with Crippen molar-refractivity contribution in [2.75, 3.05) is 5.73 Å². The minimum atomic E-state index is -4.51. The monoisotopic (exact) mass is 264 g/mol. The molecule has 0 spiro atoms. The number of benzene rings is 1. The first-order chi connectivity index (χ1) is 6.36. The minimum Gasteiger partial charge on any atom is -0.398 e. The van der Waals surface area contributed by atoms with Crippen LogP contribution in [-0.2, 0) is 6.18 Å². The largest absolute Gasteiger partial charge is 0.417 e. The van der Waals surface area contributed by atoms with Gasteiger partial charge in [0.25, 0.3) is 0 Å². The van der Waals surface area contributed by atoms with Gasteiger partial charge in [0.05, 0.1) is 21.7 Å². The Balaban J connectivity index is 3.44. The van der Waals surface area contributed by atoms with E-state index in [-0.39, 0.29) is 15.7 Å². The highest BCUT2D eigenvalue weighted by molar-refractivity contribution is 9.10. The fourth-order valence-corrected chi connectivity index (χ4v) is 1.37. The molecule has 14 heavy (non-hydrogen) atoms. The predicted octanol–water partition coefficient (Wildman–Crippen LogP) is 2.92. The van der Waals surface area contributed by atoms with Crippen molar-refractivity contribution in [3.8, 4) is 6.07 Å². The molecule has 2 nitrogen and oxygen atoms in total. The number of hydrogen-bond donors (Lipinski definition) is 1. The van der Waals surface area contributed by atoms with Crippen LogP contribution < -0.4 is 5.73 Å². The molecule has 0 aliphatic rings. The summed E-state index contributed by atoms with van der Waals surface area (Å²) in [6.45, 7) is 0. The van der Waals surface area contributed by atoms with Gasteiger partial charge in [-0.15, -0.1) is 0 Å². The van der Waals surface area contributed by atoms with Gasteiger partial charge in [-0.25, -0.2) is 0 Å². The fourth-order valence-electron chi connectivity index (χ4n) is 0.918. The number of halogens is 4. The molecule has 0 unspecified atom stereocenters. The Labute approximate surface area is 86.3 Å². The van der Waals surface area contributed by atoms with Crippen molar-refractivity contribution in [2.45, 2.75) is 6.18 Å². The number of nitrogens with two attached hydrogens (primary N) is 1. The number of rotatable bonds is 0. The van der Waals surface area contributed by atoms with Gasteiger partial charge in [0.1, 0.15) is 0 Å². The lowest BCUT2D eigenvalue weighted by atomic mass is 10.1. The molecule has 0 saturated carbocycles. The van der Waals surface area contributed by atoms with Crippen molar-refractivity contribution < 1.29 is 13.2 Å². The van der Waals surface area contributed by atoms with Crippen LogP contribution >= 0.6 is 15.9 Å². The van der Waals surface area contributed by atoms with E-state index in [4.69, 9.17) is 11.0 Å². The average Bonchev–Trinajstić information content (AvgIpc) is 2.07. The van der Waals surface area contributed by atoms with Gasteiger partial charge in [0.2, 0.25) is 0 Å². The van der Waals surface area contributed by atoms with E-state index in [9.17, 15) is 13.2 Å². The Kier molecular flexibility index (Phi) is 2.71. The molecule has 0 aliphatic carbocycles. The second kappa shape index (κ2) is 3.50. The maximum Gasteiger partial charge on any atom is 0.417 e. The van der Waals surface area contributed by atoms with Gasteiger partial charge in [0, 0.05) is 5.69 Å². The third-order valence-corrected chi connectivity index (χ3v) is 2.42. The van der Waals surface area contributed by atoms with Gasteiger partial charge in [-0.3, -0.25) is 0 Å². The molecule has 0 bridgehead atoms. The first-order valence-corrected chi connectivity index (χ1v) is 4.22. The van der Waals surface area contributed by atoms with Crippen LogP contribution in [0, 0.1) is 11.3 Å². The summed E-state index contributed by atoms with van der Waals surface area (Å²) in [5.41, 5.74) is 4.15. The van der Waals surface area contributed by atoms with Gasteiger partial charge in [-0.1, -0.05) is 0 Å². The van der Waals surface area contributed by atoms with Crippen LogP contribution in [0.5, 0.6) is 0 Å². The number of alkyl halides is 3. The smallest absolute Gasteiger partial charge is 0.398 e. The molecule has 0 amide bonds. The van der Waals surface area contributed by atoms with E-state index >= 15 is 0 Å². The quantitative estimate of drug-likeness (QED) is 0.733. The molecule has 0 aliphatic heterocycles. The number of hydrogen-bond acceptors (Lipinski definition) is 2. The molecule has 1 aromatic carbocycles. The molecule has 1 rings (SSSR count). The minimum absolute atomic E-state index is 0.101. The van der Waals surface area contributed by atoms with Gasteiger partial charge < -0.3 is 5.73 Å². The molecule has 0 atom stereocenters. The van der Waals surface area contributed by atoms with Gasteiger partial charge >= 0.3 is 6.18 Å². The zero-order valence-corrected chi connectivity index (χ0v) is 8.28. The summed E-state index contributed by atoms with van der Waals surface area (Å²) in [5, 5.41) is 8.45. The van der Waals surface area contributed by atoms with Crippen LogP contribution in [0.15, 0.2) is 16.6 Å². The highest BCUT2D eigenvalue weighted by atomic mass is 79.9. The Hall–Kier alpha value is -1.22. The maximum atomic E-state index is 12.4. The lowest BCUT2D eigenvalue weighted by Gasteiger charge is -2.10. The van der Waals surface area contributed by atoms with Gasteiger partial charge in [-0.2, -0.15) is 18.4 Å². The second-order valence-corrected chi connectivity index (χ2v) is 3.33. The van der Waals surface area contributed by atoms with Crippen molar-refractivity contribution in [3.05, 3.63) is 27.7 Å². The summed E-state index contributed by atoms with van der Waals surface area (Å²) in [4.78, 5) is 0. The highest BCUT2D eigenvalue weighted by Gasteiger charge is 2.34. The molecule has 74 valence electrons. The first-order valence-electron chi connectivity index (χ1n) is 3.42. The summed E-state index contributed by atoms with van der Waals surface area (Å²) >= 11 is 2.72. The van der Waals surface area contributed by atoms with E-state index < -0.39 is 11.7 Å². The molecule has 1 aromatic rings. The zero-order chi connectivity index (χ0) is 10.9. The van der Waals surface area contributed by atoms with Crippen molar-refractivity contribution in [3.63, 3.8) is 0 Å². The van der Waals surface area contributed by atoms with E-state index in [1.165, 1.54) is 6.07 Å². The van der Waals surface area contributed by atoms with Crippen LogP contribution in [0.4, 0.5) is 18.9 Å². The molecule has 0 aromatic heterocycles. The Morgan fingerprint density at radius 1 is 1.36 bits per heavy atom. The van der Waals surface area contributed by atoms with Gasteiger partial charge in [-0.05, 0) is 28.1 Å². The van der Waals surface area contributed by atoms with Crippen molar-refractivity contribution in [2.24, 2.45) is 0 Å². The van der Waals surface area contributed by atoms with Crippen LogP contribution in [0.25, 0.3) is 0 Å².